The van der Waals surface area contributed by atoms with Gasteiger partial charge >= 0.3 is 0 Å². The molecule has 0 aromatic rings. The van der Waals surface area contributed by atoms with Gasteiger partial charge in [0.2, 0.25) is 0 Å². The quantitative estimate of drug-likeness (QED) is 0.647. The van der Waals surface area contributed by atoms with Gasteiger partial charge in [-0.05, 0) is 20.3 Å². The van der Waals surface area contributed by atoms with Crippen LogP contribution in [0.3, 0.4) is 0 Å². The summed E-state index contributed by atoms with van der Waals surface area (Å²) in [6, 6.07) is 0. The largest absolute Gasteiger partial charge is 0.404 e. The van der Waals surface area contributed by atoms with Crippen LogP contribution in [0.25, 0.3) is 0 Å². The van der Waals surface area contributed by atoms with Crippen LogP contribution < -0.4 is 5.73 Å². The van der Waals surface area contributed by atoms with Gasteiger partial charge in [-0.15, -0.1) is 0 Å². The summed E-state index contributed by atoms with van der Waals surface area (Å²) in [5.74, 6) is 0. The van der Waals surface area contributed by atoms with Gasteiger partial charge in [-0.3, -0.25) is 0 Å². The molecule has 0 fully saturated rings. The topological polar surface area (TPSA) is 26.0 Å². The van der Waals surface area contributed by atoms with Gasteiger partial charge in [0.1, 0.15) is 5.67 Å². The fraction of sp³-hybridized carbons (Fsp3) is 0.600. The van der Waals surface area contributed by atoms with Gasteiger partial charge in [0.05, 0.1) is 0 Å². The molecule has 0 aliphatic rings. The summed E-state index contributed by atoms with van der Waals surface area (Å²) in [5.41, 5.74) is 4.49. The SMILES string of the molecule is CCC/C=C\C(=C/N)C(C)(C)F. The third-order valence-electron chi connectivity index (χ3n) is 1.62. The van der Waals surface area contributed by atoms with E-state index in [9.17, 15) is 4.39 Å². The molecule has 70 valence electrons. The standard InChI is InChI=1S/C10H18FN/c1-4-5-6-7-9(8-12)10(2,3)11/h6-8H,4-5,12H2,1-3H3/b7-6-,9-8+. The molecule has 0 aromatic heterocycles. The van der Waals surface area contributed by atoms with Crippen molar-refractivity contribution in [3.8, 4) is 0 Å². The van der Waals surface area contributed by atoms with Crippen molar-refractivity contribution in [2.45, 2.75) is 39.3 Å². The Bertz CT molecular complexity index is 175. The zero-order valence-electron chi connectivity index (χ0n) is 8.10. The Balaban J connectivity index is 4.21. The maximum atomic E-state index is 13.3. The van der Waals surface area contributed by atoms with Crippen molar-refractivity contribution in [3.63, 3.8) is 0 Å². The molecule has 0 bridgehead atoms. The first-order valence-electron chi connectivity index (χ1n) is 4.30. The smallest absolute Gasteiger partial charge is 0.131 e. The average Bonchev–Trinajstić information content (AvgIpc) is 1.95. The highest BCUT2D eigenvalue weighted by molar-refractivity contribution is 5.26. The molecule has 0 amide bonds. The zero-order valence-corrected chi connectivity index (χ0v) is 8.10. The highest BCUT2D eigenvalue weighted by atomic mass is 19.1. The Kier molecular flexibility index (Phi) is 4.64. The van der Waals surface area contributed by atoms with Crippen molar-refractivity contribution < 1.29 is 4.39 Å². The Labute approximate surface area is 74.1 Å². The third-order valence-corrected chi connectivity index (χ3v) is 1.62. The summed E-state index contributed by atoms with van der Waals surface area (Å²) < 4.78 is 13.3. The molecule has 0 heterocycles. The van der Waals surface area contributed by atoms with E-state index in [0.29, 0.717) is 5.57 Å². The van der Waals surface area contributed by atoms with Gasteiger partial charge < -0.3 is 5.73 Å². The lowest BCUT2D eigenvalue weighted by atomic mass is 10.0. The number of rotatable bonds is 4. The maximum absolute atomic E-state index is 13.3. The maximum Gasteiger partial charge on any atom is 0.131 e. The summed E-state index contributed by atoms with van der Waals surface area (Å²) in [6.45, 7) is 5.08. The molecule has 0 atom stereocenters. The van der Waals surface area contributed by atoms with Crippen LogP contribution in [0.5, 0.6) is 0 Å². The predicted octanol–water partition coefficient (Wildman–Crippen LogP) is 2.93. The summed E-state index contributed by atoms with van der Waals surface area (Å²) in [4.78, 5) is 0. The second-order valence-corrected chi connectivity index (χ2v) is 3.29. The van der Waals surface area contributed by atoms with Crippen LogP contribution in [0.1, 0.15) is 33.6 Å². The van der Waals surface area contributed by atoms with E-state index in [1.807, 2.05) is 6.08 Å². The van der Waals surface area contributed by atoms with Crippen LogP contribution in [0.15, 0.2) is 23.9 Å². The van der Waals surface area contributed by atoms with Crippen LogP contribution in [0.2, 0.25) is 0 Å². The molecule has 0 rings (SSSR count). The van der Waals surface area contributed by atoms with Gasteiger partial charge in [-0.2, -0.15) is 0 Å². The minimum absolute atomic E-state index is 0.538. The number of nitrogens with two attached hydrogens (primary N) is 1. The number of unbranched alkanes of at least 4 members (excludes halogenated alkanes) is 1. The van der Waals surface area contributed by atoms with Crippen LogP contribution in [0.4, 0.5) is 4.39 Å². The second kappa shape index (κ2) is 4.96. The van der Waals surface area contributed by atoms with Crippen molar-refractivity contribution in [1.29, 1.82) is 0 Å². The summed E-state index contributed by atoms with van der Waals surface area (Å²) in [7, 11) is 0. The predicted molar refractivity (Wildman–Crippen MR) is 51.5 cm³/mol. The van der Waals surface area contributed by atoms with Crippen LogP contribution in [-0.2, 0) is 0 Å². The lowest BCUT2D eigenvalue weighted by molar-refractivity contribution is 0.273. The van der Waals surface area contributed by atoms with E-state index < -0.39 is 5.67 Å². The molecule has 12 heavy (non-hydrogen) atoms. The average molecular weight is 171 g/mol. The monoisotopic (exact) mass is 171 g/mol. The van der Waals surface area contributed by atoms with E-state index in [1.165, 1.54) is 20.0 Å². The minimum Gasteiger partial charge on any atom is -0.404 e. The van der Waals surface area contributed by atoms with Gasteiger partial charge in [0.25, 0.3) is 0 Å². The summed E-state index contributed by atoms with van der Waals surface area (Å²) in [6.07, 6.45) is 7.06. The zero-order chi connectivity index (χ0) is 9.61. The molecule has 0 aromatic carbocycles. The van der Waals surface area contributed by atoms with Gasteiger partial charge in [0.15, 0.2) is 0 Å². The molecule has 0 unspecified atom stereocenters. The first kappa shape index (κ1) is 11.2. The Hall–Kier alpha value is -0.790. The van der Waals surface area contributed by atoms with Crippen LogP contribution in [0, 0.1) is 0 Å². The number of halogens is 1. The lowest BCUT2D eigenvalue weighted by Crippen LogP contribution is -2.15. The van der Waals surface area contributed by atoms with E-state index in [0.717, 1.165) is 12.8 Å². The van der Waals surface area contributed by atoms with E-state index in [-0.39, 0.29) is 0 Å². The molecule has 0 spiro atoms. The highest BCUT2D eigenvalue weighted by Gasteiger charge is 2.18. The Morgan fingerprint density at radius 1 is 1.50 bits per heavy atom. The third kappa shape index (κ3) is 4.16. The fourth-order valence-electron chi connectivity index (χ4n) is 0.829. The molecule has 2 N–H and O–H groups in total. The molecule has 0 radical (unpaired) electrons. The van der Waals surface area contributed by atoms with Crippen molar-refractivity contribution in [2.75, 3.05) is 0 Å². The molecule has 0 aliphatic heterocycles. The number of hydrogen-bond donors (Lipinski definition) is 1. The van der Waals surface area contributed by atoms with Gasteiger partial charge in [-0.1, -0.05) is 25.5 Å². The molecule has 1 nitrogen and oxygen atoms in total. The molecular weight excluding hydrogens is 153 g/mol. The van der Waals surface area contributed by atoms with E-state index in [1.54, 1.807) is 6.08 Å². The molecule has 2 heteroatoms. The van der Waals surface area contributed by atoms with E-state index >= 15 is 0 Å². The highest BCUT2D eigenvalue weighted by Crippen LogP contribution is 2.20. The van der Waals surface area contributed by atoms with Crippen molar-refractivity contribution in [2.24, 2.45) is 5.73 Å². The van der Waals surface area contributed by atoms with Gasteiger partial charge in [0, 0.05) is 11.8 Å². The van der Waals surface area contributed by atoms with Crippen molar-refractivity contribution >= 4 is 0 Å². The van der Waals surface area contributed by atoms with Crippen LogP contribution in [-0.4, -0.2) is 5.67 Å². The fourth-order valence-corrected chi connectivity index (χ4v) is 0.829. The molecule has 0 saturated carbocycles. The second-order valence-electron chi connectivity index (χ2n) is 3.29. The van der Waals surface area contributed by atoms with E-state index in [2.05, 4.69) is 6.92 Å². The van der Waals surface area contributed by atoms with Crippen molar-refractivity contribution in [1.82, 2.24) is 0 Å². The number of hydrogen-bond acceptors (Lipinski definition) is 1. The summed E-state index contributed by atoms with van der Waals surface area (Å²) in [5, 5.41) is 0. The normalized spacial score (nSPS) is 14.2. The Morgan fingerprint density at radius 2 is 2.08 bits per heavy atom. The minimum atomic E-state index is -1.33. The van der Waals surface area contributed by atoms with Gasteiger partial charge in [-0.25, -0.2) is 4.39 Å². The molecule has 0 aliphatic carbocycles. The first-order valence-corrected chi connectivity index (χ1v) is 4.30. The Morgan fingerprint density at radius 3 is 2.42 bits per heavy atom. The van der Waals surface area contributed by atoms with E-state index in [4.69, 9.17) is 5.73 Å². The first-order chi connectivity index (χ1) is 5.52. The van der Waals surface area contributed by atoms with Crippen LogP contribution >= 0.6 is 0 Å². The number of alkyl halides is 1. The summed E-state index contributed by atoms with van der Waals surface area (Å²) >= 11 is 0. The lowest BCUT2D eigenvalue weighted by Gasteiger charge is -2.14. The molecular formula is C10H18FN. The molecule has 0 saturated heterocycles. The number of allylic oxidation sites excluding steroid dienone is 3. The van der Waals surface area contributed by atoms with Crippen molar-refractivity contribution in [3.05, 3.63) is 23.9 Å².